The van der Waals surface area contributed by atoms with Crippen LogP contribution in [0.3, 0.4) is 0 Å². The van der Waals surface area contributed by atoms with E-state index in [0.29, 0.717) is 28.8 Å². The van der Waals surface area contributed by atoms with Crippen molar-refractivity contribution in [3.05, 3.63) is 62.5 Å². The summed E-state index contributed by atoms with van der Waals surface area (Å²) in [5.74, 6) is 0.697. The number of halogens is 1. The highest BCUT2D eigenvalue weighted by molar-refractivity contribution is 9.10. The van der Waals surface area contributed by atoms with E-state index in [1.54, 1.807) is 25.3 Å². The van der Waals surface area contributed by atoms with Crippen LogP contribution >= 0.6 is 15.9 Å². The van der Waals surface area contributed by atoms with E-state index in [1.165, 1.54) is 4.68 Å². The zero-order valence-electron chi connectivity index (χ0n) is 13.3. The largest absolute Gasteiger partial charge is 0.496 e. The van der Waals surface area contributed by atoms with Gasteiger partial charge in [-0.25, -0.2) is 4.68 Å². The first-order valence-electron chi connectivity index (χ1n) is 7.57. The zero-order valence-corrected chi connectivity index (χ0v) is 14.8. The number of aromatic nitrogens is 3. The fraction of sp³-hybridized carbons (Fsp3) is 0.111. The number of aromatic amines is 2. The van der Waals surface area contributed by atoms with Gasteiger partial charge >= 0.3 is 0 Å². The Labute approximate surface area is 150 Å². The minimum Gasteiger partial charge on any atom is -0.496 e. The second kappa shape index (κ2) is 5.83. The molecule has 0 atom stereocenters. The van der Waals surface area contributed by atoms with Crippen LogP contribution in [0.5, 0.6) is 5.75 Å². The van der Waals surface area contributed by atoms with E-state index >= 15 is 0 Å². The average molecular weight is 397 g/mol. The van der Waals surface area contributed by atoms with Crippen LogP contribution in [0.4, 0.5) is 0 Å². The predicted octanol–water partition coefficient (Wildman–Crippen LogP) is 3.50. The van der Waals surface area contributed by atoms with Gasteiger partial charge in [0.25, 0.3) is 5.56 Å². The Bertz CT molecular complexity index is 1210. The molecule has 0 aliphatic rings. The van der Waals surface area contributed by atoms with E-state index in [9.17, 15) is 4.79 Å². The lowest BCUT2D eigenvalue weighted by molar-refractivity contribution is 0.408. The van der Waals surface area contributed by atoms with Crippen LogP contribution in [-0.2, 0) is 6.54 Å². The second-order valence-corrected chi connectivity index (χ2v) is 6.54. The molecule has 124 valence electrons. The van der Waals surface area contributed by atoms with Crippen molar-refractivity contribution in [1.29, 1.82) is 5.26 Å². The van der Waals surface area contributed by atoms with Gasteiger partial charge in [0.15, 0.2) is 0 Å². The van der Waals surface area contributed by atoms with Gasteiger partial charge < -0.3 is 9.72 Å². The highest BCUT2D eigenvalue weighted by atomic mass is 79.9. The van der Waals surface area contributed by atoms with Crippen LogP contribution in [0.2, 0.25) is 0 Å². The molecule has 0 aliphatic heterocycles. The quantitative estimate of drug-likeness (QED) is 0.555. The number of benzene rings is 2. The molecule has 25 heavy (non-hydrogen) atoms. The summed E-state index contributed by atoms with van der Waals surface area (Å²) in [7, 11) is 1.61. The second-order valence-electron chi connectivity index (χ2n) is 5.68. The summed E-state index contributed by atoms with van der Waals surface area (Å²) in [5, 5.41) is 13.6. The number of nitrogens with one attached hydrogen (secondary N) is 2. The Morgan fingerprint density at radius 3 is 2.88 bits per heavy atom. The van der Waals surface area contributed by atoms with Crippen LogP contribution in [0.15, 0.2) is 45.8 Å². The molecule has 4 aromatic rings. The Kier molecular flexibility index (Phi) is 3.62. The van der Waals surface area contributed by atoms with Crippen LogP contribution in [0, 0.1) is 11.3 Å². The molecule has 0 unspecified atom stereocenters. The van der Waals surface area contributed by atoms with E-state index in [2.05, 4.69) is 32.1 Å². The maximum atomic E-state index is 12.7. The third-order valence-electron chi connectivity index (χ3n) is 4.28. The Hall–Kier alpha value is -2.98. The lowest BCUT2D eigenvalue weighted by atomic mass is 10.1. The molecule has 4 rings (SSSR count). The Morgan fingerprint density at radius 1 is 1.28 bits per heavy atom. The van der Waals surface area contributed by atoms with Crippen molar-refractivity contribution in [1.82, 2.24) is 14.8 Å². The average Bonchev–Trinajstić information content (AvgIpc) is 3.23. The van der Waals surface area contributed by atoms with Gasteiger partial charge in [-0.15, -0.1) is 0 Å². The van der Waals surface area contributed by atoms with Gasteiger partial charge in [-0.3, -0.25) is 9.89 Å². The molecule has 0 saturated heterocycles. The van der Waals surface area contributed by atoms with Crippen LogP contribution in [-0.4, -0.2) is 21.9 Å². The molecule has 0 spiro atoms. The third kappa shape index (κ3) is 2.42. The van der Waals surface area contributed by atoms with Crippen molar-refractivity contribution in [2.45, 2.75) is 6.54 Å². The summed E-state index contributed by atoms with van der Waals surface area (Å²) in [6.07, 6.45) is 1.85. The molecule has 0 saturated carbocycles. The Balaban J connectivity index is 1.90. The first-order valence-corrected chi connectivity index (χ1v) is 8.37. The molecule has 0 bridgehead atoms. The Morgan fingerprint density at radius 2 is 2.12 bits per heavy atom. The van der Waals surface area contributed by atoms with E-state index in [4.69, 9.17) is 10.00 Å². The molecule has 0 fully saturated rings. The number of rotatable bonds is 3. The summed E-state index contributed by atoms with van der Waals surface area (Å²) < 4.78 is 7.94. The normalized spacial score (nSPS) is 11.1. The van der Waals surface area contributed by atoms with Crippen molar-refractivity contribution in [3.63, 3.8) is 0 Å². The highest BCUT2D eigenvalue weighted by Crippen LogP contribution is 2.34. The molecule has 0 amide bonds. The number of nitriles is 1. The van der Waals surface area contributed by atoms with Crippen molar-refractivity contribution in [3.8, 4) is 11.8 Å². The molecule has 2 aromatic carbocycles. The monoisotopic (exact) mass is 396 g/mol. The zero-order chi connectivity index (χ0) is 17.6. The SMILES string of the molecule is COc1cc(Br)c2[nH]ccc2c1Cn1[nH]c2ccc(C#N)cc2c1=O. The highest BCUT2D eigenvalue weighted by Gasteiger charge is 2.15. The standard InChI is InChI=1S/C18H13BrN4O2/c1-25-16-7-14(19)17-11(4-5-21-17)13(16)9-23-18(24)12-6-10(8-20)2-3-15(12)22-23/h2-7,21-22H,9H2,1H3. The summed E-state index contributed by atoms with van der Waals surface area (Å²) >= 11 is 3.53. The van der Waals surface area contributed by atoms with E-state index in [0.717, 1.165) is 20.9 Å². The summed E-state index contributed by atoms with van der Waals surface area (Å²) in [4.78, 5) is 15.9. The van der Waals surface area contributed by atoms with Crippen molar-refractivity contribution in [2.24, 2.45) is 0 Å². The number of methoxy groups -OCH3 is 1. The minimum atomic E-state index is -0.166. The van der Waals surface area contributed by atoms with Gasteiger partial charge in [0.2, 0.25) is 0 Å². The summed E-state index contributed by atoms with van der Waals surface area (Å²) in [6.45, 7) is 0.334. The maximum absolute atomic E-state index is 12.7. The first-order chi connectivity index (χ1) is 12.1. The molecule has 0 radical (unpaired) electrons. The van der Waals surface area contributed by atoms with E-state index in [-0.39, 0.29) is 5.56 Å². The lowest BCUT2D eigenvalue weighted by Gasteiger charge is -2.11. The van der Waals surface area contributed by atoms with Crippen LogP contribution < -0.4 is 10.3 Å². The van der Waals surface area contributed by atoms with Gasteiger partial charge in [-0.05, 0) is 46.3 Å². The lowest BCUT2D eigenvalue weighted by Crippen LogP contribution is -2.18. The smallest absolute Gasteiger partial charge is 0.274 e. The molecule has 6 nitrogen and oxygen atoms in total. The fourth-order valence-corrected chi connectivity index (χ4v) is 3.61. The van der Waals surface area contributed by atoms with Crippen molar-refractivity contribution >= 4 is 37.7 Å². The molecule has 0 aliphatic carbocycles. The van der Waals surface area contributed by atoms with E-state index < -0.39 is 0 Å². The number of hydrogen-bond acceptors (Lipinski definition) is 3. The maximum Gasteiger partial charge on any atom is 0.274 e. The van der Waals surface area contributed by atoms with E-state index in [1.807, 2.05) is 18.3 Å². The van der Waals surface area contributed by atoms with Gasteiger partial charge in [0.05, 0.1) is 41.7 Å². The predicted molar refractivity (Wildman–Crippen MR) is 98.9 cm³/mol. The molecule has 2 heterocycles. The fourth-order valence-electron chi connectivity index (χ4n) is 3.07. The minimum absolute atomic E-state index is 0.166. The van der Waals surface area contributed by atoms with Gasteiger partial charge in [0.1, 0.15) is 5.75 Å². The molecule has 7 heteroatoms. The third-order valence-corrected chi connectivity index (χ3v) is 4.91. The molecular weight excluding hydrogens is 384 g/mol. The number of nitrogens with zero attached hydrogens (tertiary/aromatic N) is 2. The van der Waals surface area contributed by atoms with Crippen molar-refractivity contribution in [2.75, 3.05) is 7.11 Å². The molecule has 2 aromatic heterocycles. The number of ether oxygens (including phenoxy) is 1. The topological polar surface area (TPSA) is 86.6 Å². The van der Waals surface area contributed by atoms with Gasteiger partial charge in [-0.2, -0.15) is 5.26 Å². The number of hydrogen-bond donors (Lipinski definition) is 2. The van der Waals surface area contributed by atoms with Crippen LogP contribution in [0.1, 0.15) is 11.1 Å². The summed E-state index contributed by atoms with van der Waals surface area (Å²) in [6, 6.07) is 10.9. The molecular formula is C18H13BrN4O2. The summed E-state index contributed by atoms with van der Waals surface area (Å²) in [5.41, 5.74) is 2.85. The van der Waals surface area contributed by atoms with Gasteiger partial charge in [-0.1, -0.05) is 0 Å². The number of H-pyrrole nitrogens is 2. The first kappa shape index (κ1) is 15.5. The number of fused-ring (bicyclic) bond motifs is 2. The molecule has 2 N–H and O–H groups in total. The van der Waals surface area contributed by atoms with Gasteiger partial charge in [0, 0.05) is 21.6 Å². The van der Waals surface area contributed by atoms with Crippen LogP contribution in [0.25, 0.3) is 21.8 Å². The van der Waals surface area contributed by atoms with Crippen molar-refractivity contribution < 1.29 is 4.74 Å².